The van der Waals surface area contributed by atoms with Gasteiger partial charge in [-0.2, -0.15) is 13.2 Å². The van der Waals surface area contributed by atoms with E-state index in [9.17, 15) is 18.0 Å². The summed E-state index contributed by atoms with van der Waals surface area (Å²) < 4.78 is 43.9. The first-order valence-electron chi connectivity index (χ1n) is 8.74. The number of H-pyrrole nitrogens is 1. The van der Waals surface area contributed by atoms with Crippen LogP contribution in [0.15, 0.2) is 42.7 Å². The summed E-state index contributed by atoms with van der Waals surface area (Å²) in [6.07, 6.45) is -0.397. The molecule has 2 N–H and O–H groups in total. The molecule has 4 rings (SSSR count). The topological polar surface area (TPSA) is 79.9 Å². The molecule has 0 bridgehead atoms. The molecule has 2 atom stereocenters. The fourth-order valence-electron chi connectivity index (χ4n) is 3.32. The van der Waals surface area contributed by atoms with Gasteiger partial charge >= 0.3 is 6.18 Å². The zero-order valence-corrected chi connectivity index (χ0v) is 14.7. The molecule has 28 heavy (non-hydrogen) atoms. The number of nitrogens with one attached hydrogen (secondary N) is 2. The second-order valence-electron chi connectivity index (χ2n) is 6.75. The summed E-state index contributed by atoms with van der Waals surface area (Å²) in [5.74, 6) is -1.33. The van der Waals surface area contributed by atoms with Crippen molar-refractivity contribution in [1.29, 1.82) is 0 Å². The molecule has 6 nitrogen and oxygen atoms in total. The molecule has 0 radical (unpaired) electrons. The Morgan fingerprint density at radius 3 is 2.75 bits per heavy atom. The highest BCUT2D eigenvalue weighted by molar-refractivity contribution is 5.97. The van der Waals surface area contributed by atoms with Gasteiger partial charge < -0.3 is 15.0 Å². The van der Waals surface area contributed by atoms with Gasteiger partial charge in [-0.1, -0.05) is 0 Å². The van der Waals surface area contributed by atoms with Gasteiger partial charge in [0.05, 0.1) is 30.3 Å². The van der Waals surface area contributed by atoms with Crippen LogP contribution in [0.2, 0.25) is 0 Å². The lowest BCUT2D eigenvalue weighted by Gasteiger charge is -2.19. The normalized spacial score (nSPS) is 19.8. The third-order valence-electron chi connectivity index (χ3n) is 4.77. The van der Waals surface area contributed by atoms with Gasteiger partial charge in [-0.15, -0.1) is 0 Å². The molecule has 1 amide bonds. The van der Waals surface area contributed by atoms with Crippen LogP contribution in [0.25, 0.3) is 11.0 Å². The minimum Gasteiger partial charge on any atom is -0.379 e. The number of ether oxygens (including phenoxy) is 1. The minimum absolute atomic E-state index is 0.110. The first kappa shape index (κ1) is 18.4. The van der Waals surface area contributed by atoms with Crippen LogP contribution in [0.5, 0.6) is 0 Å². The predicted molar refractivity (Wildman–Crippen MR) is 94.6 cm³/mol. The number of aromatic nitrogens is 3. The van der Waals surface area contributed by atoms with Crippen LogP contribution in [0, 0.1) is 5.92 Å². The molecular weight excluding hydrogens is 373 g/mol. The van der Waals surface area contributed by atoms with E-state index < -0.39 is 12.0 Å². The zero-order chi connectivity index (χ0) is 19.7. The number of nitrogens with zero attached hydrogens (tertiary/aromatic N) is 2. The Morgan fingerprint density at radius 1 is 1.21 bits per heavy atom. The summed E-state index contributed by atoms with van der Waals surface area (Å²) in [4.78, 5) is 22.3. The van der Waals surface area contributed by atoms with Crippen molar-refractivity contribution in [2.75, 3.05) is 13.2 Å². The molecule has 2 aromatic heterocycles. The van der Waals surface area contributed by atoms with Gasteiger partial charge in [-0.3, -0.25) is 9.78 Å². The molecule has 1 aromatic carbocycles. The van der Waals surface area contributed by atoms with E-state index in [1.807, 2.05) is 12.1 Å². The highest BCUT2D eigenvalue weighted by Gasteiger charge is 2.35. The lowest BCUT2D eigenvalue weighted by atomic mass is 9.95. The number of hydrogen-bond acceptors (Lipinski definition) is 4. The van der Waals surface area contributed by atoms with Crippen molar-refractivity contribution in [1.82, 2.24) is 20.3 Å². The Bertz CT molecular complexity index is 988. The SMILES string of the molecule is O=C(N[C@@H]1COC[C@H]1Cc1ccncc1)c1ccc2nc(C(F)(F)F)[nH]c2c1. The molecule has 1 saturated heterocycles. The molecular formula is C19H17F3N4O2. The summed E-state index contributed by atoms with van der Waals surface area (Å²) in [7, 11) is 0. The third kappa shape index (κ3) is 3.84. The number of alkyl halides is 3. The van der Waals surface area contributed by atoms with Crippen molar-refractivity contribution >= 4 is 16.9 Å². The van der Waals surface area contributed by atoms with Crippen LogP contribution in [0.3, 0.4) is 0 Å². The highest BCUT2D eigenvalue weighted by Crippen LogP contribution is 2.28. The Balaban J connectivity index is 1.48. The maximum Gasteiger partial charge on any atom is 0.449 e. The van der Waals surface area contributed by atoms with Gasteiger partial charge in [0.25, 0.3) is 5.91 Å². The van der Waals surface area contributed by atoms with Gasteiger partial charge in [0.1, 0.15) is 0 Å². The number of amides is 1. The summed E-state index contributed by atoms with van der Waals surface area (Å²) in [6, 6.07) is 7.90. The van der Waals surface area contributed by atoms with E-state index in [1.165, 1.54) is 18.2 Å². The molecule has 0 saturated carbocycles. The van der Waals surface area contributed by atoms with Crippen molar-refractivity contribution in [3.05, 3.63) is 59.7 Å². The van der Waals surface area contributed by atoms with Gasteiger partial charge in [-0.25, -0.2) is 4.98 Å². The fourth-order valence-corrected chi connectivity index (χ4v) is 3.32. The Labute approximate surface area is 158 Å². The monoisotopic (exact) mass is 390 g/mol. The maximum absolute atomic E-state index is 12.8. The Hall–Kier alpha value is -2.94. The highest BCUT2D eigenvalue weighted by atomic mass is 19.4. The van der Waals surface area contributed by atoms with Gasteiger partial charge in [-0.05, 0) is 42.3 Å². The van der Waals surface area contributed by atoms with Gasteiger partial charge in [0.15, 0.2) is 0 Å². The first-order chi connectivity index (χ1) is 13.4. The largest absolute Gasteiger partial charge is 0.449 e. The molecule has 3 heterocycles. The van der Waals surface area contributed by atoms with Gasteiger partial charge in [0, 0.05) is 23.9 Å². The van der Waals surface area contributed by atoms with E-state index in [1.54, 1.807) is 12.4 Å². The fraction of sp³-hybridized carbons (Fsp3) is 0.316. The van der Waals surface area contributed by atoms with E-state index in [4.69, 9.17) is 4.74 Å². The number of carbonyl (C=O) groups is 1. The standard InChI is InChI=1S/C19H17F3N4O2/c20-19(21,22)18-25-14-2-1-12(8-15(14)26-18)17(27)24-16-10-28-9-13(16)7-11-3-5-23-6-4-11/h1-6,8,13,16H,7,9-10H2,(H,24,27)(H,25,26)/t13-,16-/m1/s1. The number of halogens is 3. The smallest absolute Gasteiger partial charge is 0.379 e. The lowest BCUT2D eigenvalue weighted by molar-refractivity contribution is -0.144. The number of aromatic amines is 1. The maximum atomic E-state index is 12.8. The predicted octanol–water partition coefficient (Wildman–Crippen LogP) is 2.96. The summed E-state index contributed by atoms with van der Waals surface area (Å²) >= 11 is 0. The van der Waals surface area contributed by atoms with Crippen LogP contribution >= 0.6 is 0 Å². The van der Waals surface area contributed by atoms with Crippen molar-refractivity contribution in [3.8, 4) is 0 Å². The molecule has 0 spiro atoms. The van der Waals surface area contributed by atoms with Gasteiger partial charge in [0.2, 0.25) is 5.82 Å². The van der Waals surface area contributed by atoms with Crippen LogP contribution in [-0.4, -0.2) is 40.1 Å². The van der Waals surface area contributed by atoms with Crippen LogP contribution in [0.4, 0.5) is 13.2 Å². The summed E-state index contributed by atoms with van der Waals surface area (Å²) in [5.41, 5.74) is 1.68. The van der Waals surface area contributed by atoms with Crippen molar-refractivity contribution in [3.63, 3.8) is 0 Å². The average Bonchev–Trinajstić information content (AvgIpc) is 3.28. The number of carbonyl (C=O) groups excluding carboxylic acids is 1. The third-order valence-corrected chi connectivity index (χ3v) is 4.77. The van der Waals surface area contributed by atoms with Crippen molar-refractivity contribution < 1.29 is 22.7 Å². The Kier molecular flexibility index (Phi) is 4.76. The quantitative estimate of drug-likeness (QED) is 0.718. The van der Waals surface area contributed by atoms with Crippen LogP contribution < -0.4 is 5.32 Å². The molecule has 1 aliphatic heterocycles. The van der Waals surface area contributed by atoms with E-state index in [-0.39, 0.29) is 34.5 Å². The number of benzene rings is 1. The second kappa shape index (κ2) is 7.23. The number of pyridine rings is 1. The van der Waals surface area contributed by atoms with E-state index in [0.717, 1.165) is 12.0 Å². The first-order valence-corrected chi connectivity index (χ1v) is 8.74. The van der Waals surface area contributed by atoms with Crippen molar-refractivity contribution in [2.45, 2.75) is 18.6 Å². The Morgan fingerprint density at radius 2 is 2.00 bits per heavy atom. The molecule has 9 heteroatoms. The second-order valence-corrected chi connectivity index (χ2v) is 6.75. The molecule has 1 fully saturated rings. The number of rotatable bonds is 4. The lowest BCUT2D eigenvalue weighted by Crippen LogP contribution is -2.40. The number of hydrogen-bond donors (Lipinski definition) is 2. The van der Waals surface area contributed by atoms with E-state index >= 15 is 0 Å². The summed E-state index contributed by atoms with van der Waals surface area (Å²) in [6.45, 7) is 0.924. The molecule has 3 aromatic rings. The molecule has 0 aliphatic carbocycles. The van der Waals surface area contributed by atoms with Crippen molar-refractivity contribution in [2.24, 2.45) is 5.92 Å². The number of imidazole rings is 1. The van der Waals surface area contributed by atoms with Crippen LogP contribution in [0.1, 0.15) is 21.7 Å². The number of fused-ring (bicyclic) bond motifs is 1. The molecule has 1 aliphatic rings. The van der Waals surface area contributed by atoms with E-state index in [0.29, 0.717) is 13.2 Å². The minimum atomic E-state index is -4.57. The van der Waals surface area contributed by atoms with E-state index in [2.05, 4.69) is 20.3 Å². The molecule has 0 unspecified atom stereocenters. The zero-order valence-electron chi connectivity index (χ0n) is 14.7. The average molecular weight is 390 g/mol. The molecule has 146 valence electrons. The van der Waals surface area contributed by atoms with Crippen LogP contribution in [-0.2, 0) is 17.3 Å². The summed E-state index contributed by atoms with van der Waals surface area (Å²) in [5, 5.41) is 2.93.